The van der Waals surface area contributed by atoms with Gasteiger partial charge in [0.2, 0.25) is 0 Å². The predicted molar refractivity (Wildman–Crippen MR) is 140 cm³/mol. The van der Waals surface area contributed by atoms with Gasteiger partial charge < -0.3 is 21.1 Å². The van der Waals surface area contributed by atoms with Crippen LogP contribution in [-0.2, 0) is 11.8 Å². The number of allylic oxidation sites excluding steroid dienone is 2. The van der Waals surface area contributed by atoms with Crippen LogP contribution in [0.3, 0.4) is 0 Å². The molecule has 1 aliphatic rings. The second-order valence-electron chi connectivity index (χ2n) is 8.51. The third kappa shape index (κ3) is 6.57. The molecule has 1 aliphatic carbocycles. The van der Waals surface area contributed by atoms with Gasteiger partial charge in [-0.2, -0.15) is 18.3 Å². The van der Waals surface area contributed by atoms with Crippen LogP contribution in [0.2, 0.25) is 5.02 Å². The zero-order valence-corrected chi connectivity index (χ0v) is 22.0. The fourth-order valence-corrected chi connectivity index (χ4v) is 3.98. The van der Waals surface area contributed by atoms with E-state index in [2.05, 4.69) is 15.7 Å². The number of aryl methyl sites for hydroxylation is 1. The van der Waals surface area contributed by atoms with Crippen LogP contribution in [0.4, 0.5) is 18.9 Å². The standard InChI is InChI=1S/C25H29ClF3N7O2/c1-14-19(12-33-35(14)3)21(30)13-36(31)22-8-15(5-6-20(22)26)24(37)34-18-9-17(25(27,28)29)7-16(11-32-2)23(10-18)38-4/h5-9,12-13,32H,10-11,30-31H2,1-4H3,(H,34,37)/b21-13-. The molecular formula is C25H29ClF3N7O2. The van der Waals surface area contributed by atoms with Crippen LogP contribution in [-0.4, -0.2) is 42.6 Å². The fourth-order valence-electron chi connectivity index (χ4n) is 3.76. The van der Waals surface area contributed by atoms with Crippen molar-refractivity contribution in [2.75, 3.05) is 25.7 Å². The summed E-state index contributed by atoms with van der Waals surface area (Å²) in [6.07, 6.45) is 0.232. The Labute approximate surface area is 223 Å². The van der Waals surface area contributed by atoms with E-state index >= 15 is 0 Å². The molecule has 0 spiro atoms. The molecule has 0 saturated carbocycles. The first-order valence-electron chi connectivity index (χ1n) is 11.4. The number of nitrogens with two attached hydrogens (primary N) is 2. The van der Waals surface area contributed by atoms with E-state index in [1.165, 1.54) is 31.5 Å². The van der Waals surface area contributed by atoms with E-state index in [1.807, 2.05) is 6.92 Å². The first kappa shape index (κ1) is 28.8. The van der Waals surface area contributed by atoms with Crippen LogP contribution >= 0.6 is 11.6 Å². The van der Waals surface area contributed by atoms with Crippen LogP contribution in [0.25, 0.3) is 5.70 Å². The minimum atomic E-state index is -4.63. The Kier molecular flexibility index (Phi) is 8.92. The Morgan fingerprint density at radius 2 is 2.05 bits per heavy atom. The SMILES string of the molecule is CNCC1=C(OC)CC(NC(=O)c2ccc(Cl)c(N(N)/C=C(\N)c3cnn(C)c3C)c2)=CC(C(F)(F)F)=C1. The molecule has 9 nitrogen and oxygen atoms in total. The number of alkyl halides is 3. The topological polar surface area (TPSA) is 123 Å². The molecule has 204 valence electrons. The summed E-state index contributed by atoms with van der Waals surface area (Å²) in [4.78, 5) is 13.1. The average Bonchev–Trinajstić information content (AvgIpc) is 3.07. The van der Waals surface area contributed by atoms with Gasteiger partial charge in [0, 0.05) is 54.3 Å². The van der Waals surface area contributed by atoms with Crippen molar-refractivity contribution in [1.29, 1.82) is 0 Å². The second kappa shape index (κ2) is 11.8. The lowest BCUT2D eigenvalue weighted by Crippen LogP contribution is -2.28. The van der Waals surface area contributed by atoms with Crippen molar-refractivity contribution in [2.45, 2.75) is 19.5 Å². The number of amides is 1. The molecule has 13 heteroatoms. The highest BCUT2D eigenvalue weighted by Gasteiger charge is 2.34. The van der Waals surface area contributed by atoms with E-state index in [9.17, 15) is 18.0 Å². The van der Waals surface area contributed by atoms with Gasteiger partial charge in [-0.15, -0.1) is 0 Å². The van der Waals surface area contributed by atoms with Gasteiger partial charge in [-0.3, -0.25) is 14.5 Å². The van der Waals surface area contributed by atoms with Crippen molar-refractivity contribution >= 4 is 28.9 Å². The van der Waals surface area contributed by atoms with Gasteiger partial charge >= 0.3 is 6.18 Å². The highest BCUT2D eigenvalue weighted by Crippen LogP contribution is 2.33. The maximum Gasteiger partial charge on any atom is 0.416 e. The number of nitrogens with zero attached hydrogens (tertiary/aromatic N) is 3. The Morgan fingerprint density at radius 3 is 2.63 bits per heavy atom. The quantitative estimate of drug-likeness (QED) is 0.292. The minimum Gasteiger partial charge on any atom is -0.500 e. The molecule has 1 aromatic heterocycles. The van der Waals surface area contributed by atoms with Gasteiger partial charge in [0.25, 0.3) is 5.91 Å². The molecule has 0 bridgehead atoms. The van der Waals surface area contributed by atoms with Gasteiger partial charge in [-0.1, -0.05) is 11.6 Å². The number of benzene rings is 1. The maximum atomic E-state index is 13.7. The number of methoxy groups -OCH3 is 1. The summed E-state index contributed by atoms with van der Waals surface area (Å²) < 4.78 is 48.0. The highest BCUT2D eigenvalue weighted by molar-refractivity contribution is 6.33. The summed E-state index contributed by atoms with van der Waals surface area (Å²) >= 11 is 6.31. The average molecular weight is 552 g/mol. The molecule has 6 N–H and O–H groups in total. The summed E-state index contributed by atoms with van der Waals surface area (Å²) in [5, 5.41) is 10.9. The van der Waals surface area contributed by atoms with Crippen molar-refractivity contribution < 1.29 is 22.7 Å². The molecule has 3 rings (SSSR count). The lowest BCUT2D eigenvalue weighted by molar-refractivity contribution is -0.0883. The number of nitrogens with one attached hydrogen (secondary N) is 2. The number of hydrazine groups is 1. The second-order valence-corrected chi connectivity index (χ2v) is 8.91. The molecule has 1 aromatic carbocycles. The van der Waals surface area contributed by atoms with Gasteiger partial charge in [-0.05, 0) is 44.3 Å². The third-order valence-corrected chi connectivity index (χ3v) is 6.21. The number of likely N-dealkylation sites (N-methyl/N-ethyl adjacent to an activating group) is 1. The summed E-state index contributed by atoms with van der Waals surface area (Å²) in [7, 11) is 4.75. The zero-order chi connectivity index (χ0) is 28.2. The Hall–Kier alpha value is -3.74. The molecule has 1 amide bonds. The number of halogens is 4. The molecular weight excluding hydrogens is 523 g/mol. The van der Waals surface area contributed by atoms with Crippen LogP contribution in [0.1, 0.15) is 28.0 Å². The van der Waals surface area contributed by atoms with Crippen LogP contribution in [0.5, 0.6) is 0 Å². The highest BCUT2D eigenvalue weighted by atomic mass is 35.5. The van der Waals surface area contributed by atoms with E-state index in [0.29, 0.717) is 22.6 Å². The predicted octanol–water partition coefficient (Wildman–Crippen LogP) is 3.65. The fraction of sp³-hybridized carbons (Fsp3) is 0.280. The zero-order valence-electron chi connectivity index (χ0n) is 21.3. The first-order chi connectivity index (χ1) is 17.8. The summed E-state index contributed by atoms with van der Waals surface area (Å²) in [5.41, 5.74) is 7.77. The van der Waals surface area contributed by atoms with Crippen molar-refractivity contribution in [1.82, 2.24) is 20.4 Å². The molecule has 0 radical (unpaired) electrons. The monoisotopic (exact) mass is 551 g/mol. The van der Waals surface area contributed by atoms with Crippen molar-refractivity contribution in [3.8, 4) is 0 Å². The van der Waals surface area contributed by atoms with E-state index in [4.69, 9.17) is 27.9 Å². The van der Waals surface area contributed by atoms with Crippen LogP contribution in [0, 0.1) is 6.92 Å². The van der Waals surface area contributed by atoms with Crippen LogP contribution < -0.4 is 27.2 Å². The summed E-state index contributed by atoms with van der Waals surface area (Å²) in [6.45, 7) is 2.00. The molecule has 0 saturated heterocycles. The molecule has 2 aromatic rings. The van der Waals surface area contributed by atoms with Crippen molar-refractivity contribution in [3.05, 3.63) is 87.2 Å². The van der Waals surface area contributed by atoms with E-state index in [1.54, 1.807) is 25.0 Å². The van der Waals surface area contributed by atoms with Crippen molar-refractivity contribution in [2.24, 2.45) is 18.6 Å². The molecule has 0 unspecified atom stereocenters. The lowest BCUT2D eigenvalue weighted by Gasteiger charge is -2.18. The Balaban J connectivity index is 1.90. The normalized spacial score (nSPS) is 14.6. The summed E-state index contributed by atoms with van der Waals surface area (Å²) in [5.74, 6) is 5.81. The molecule has 0 fully saturated rings. The van der Waals surface area contributed by atoms with Gasteiger partial charge in [0.15, 0.2) is 0 Å². The van der Waals surface area contributed by atoms with Gasteiger partial charge in [0.05, 0.1) is 35.3 Å². The smallest absolute Gasteiger partial charge is 0.416 e. The van der Waals surface area contributed by atoms with E-state index < -0.39 is 17.7 Å². The number of hydrogen-bond acceptors (Lipinski definition) is 7. The summed E-state index contributed by atoms with van der Waals surface area (Å²) in [6, 6.07) is 4.30. The molecule has 38 heavy (non-hydrogen) atoms. The number of rotatable bonds is 8. The number of carbonyl (C=O) groups is 1. The van der Waals surface area contributed by atoms with E-state index in [0.717, 1.165) is 22.9 Å². The molecule has 1 heterocycles. The lowest BCUT2D eigenvalue weighted by atomic mass is 10.1. The van der Waals surface area contributed by atoms with Gasteiger partial charge in [-0.25, -0.2) is 5.84 Å². The minimum absolute atomic E-state index is 0.0128. The maximum absolute atomic E-state index is 13.7. The van der Waals surface area contributed by atoms with Crippen LogP contribution in [0.15, 0.2) is 65.4 Å². The molecule has 0 aliphatic heterocycles. The number of hydrogen-bond donors (Lipinski definition) is 4. The Morgan fingerprint density at radius 1 is 1.34 bits per heavy atom. The Bertz CT molecular complexity index is 1340. The van der Waals surface area contributed by atoms with Gasteiger partial charge in [0.1, 0.15) is 5.76 Å². The van der Waals surface area contributed by atoms with Crippen molar-refractivity contribution in [3.63, 3.8) is 0 Å². The largest absolute Gasteiger partial charge is 0.500 e. The number of anilines is 1. The number of carbonyl (C=O) groups excluding carboxylic acids is 1. The first-order valence-corrected chi connectivity index (χ1v) is 11.7. The number of aromatic nitrogens is 2. The number of ether oxygens (including phenoxy) is 1. The van der Waals surface area contributed by atoms with E-state index in [-0.39, 0.29) is 34.9 Å². The molecule has 0 atom stereocenters. The third-order valence-electron chi connectivity index (χ3n) is 5.89.